The minimum Gasteiger partial charge on any atom is -0.490 e. The first-order chi connectivity index (χ1) is 17.4. The largest absolute Gasteiger partial charge is 0.490 e. The zero-order valence-electron chi connectivity index (χ0n) is 20.6. The molecule has 0 amide bonds. The van der Waals surface area contributed by atoms with E-state index in [9.17, 15) is 17.6 Å². The molecule has 0 bridgehead atoms. The van der Waals surface area contributed by atoms with Gasteiger partial charge < -0.3 is 4.74 Å². The van der Waals surface area contributed by atoms with Gasteiger partial charge in [0.25, 0.3) is 0 Å². The standard InChI is InChI=1S/C31H32F4O/c1-3-4-19-36-27-18-17-26(30(34)31(27)35)23-12-7-21(8-13-23)9-14-24-15-16-25(29(33)28(24)32)22-10-5-20(2)6-11-22/h3,7-8,12-13,15-18,20,22H,1,4-6,9-11,14,19H2,2H3. The van der Waals surface area contributed by atoms with Crippen LogP contribution in [0.1, 0.15) is 61.6 Å². The average molecular weight is 497 g/mol. The summed E-state index contributed by atoms with van der Waals surface area (Å²) in [5.74, 6) is -2.85. The van der Waals surface area contributed by atoms with Crippen LogP contribution in [0.3, 0.4) is 0 Å². The third-order valence-electron chi connectivity index (χ3n) is 7.22. The highest BCUT2D eigenvalue weighted by Crippen LogP contribution is 2.37. The number of halogens is 4. The Hall–Kier alpha value is -3.08. The zero-order valence-corrected chi connectivity index (χ0v) is 20.6. The molecule has 0 radical (unpaired) electrons. The molecule has 0 heterocycles. The van der Waals surface area contributed by atoms with Gasteiger partial charge in [-0.05, 0) is 78.3 Å². The predicted molar refractivity (Wildman–Crippen MR) is 136 cm³/mol. The van der Waals surface area contributed by atoms with Gasteiger partial charge in [-0.2, -0.15) is 4.39 Å². The molecule has 0 aromatic heterocycles. The van der Waals surface area contributed by atoms with Crippen LogP contribution in [0.5, 0.6) is 5.75 Å². The van der Waals surface area contributed by atoms with Gasteiger partial charge in [0.15, 0.2) is 23.2 Å². The van der Waals surface area contributed by atoms with Gasteiger partial charge in [-0.1, -0.05) is 62.2 Å². The molecular weight excluding hydrogens is 464 g/mol. The molecule has 1 aliphatic carbocycles. The van der Waals surface area contributed by atoms with Crippen LogP contribution in [0.15, 0.2) is 61.2 Å². The highest BCUT2D eigenvalue weighted by Gasteiger charge is 2.24. The van der Waals surface area contributed by atoms with E-state index in [0.29, 0.717) is 41.9 Å². The third kappa shape index (κ3) is 5.83. The zero-order chi connectivity index (χ0) is 25.7. The average Bonchev–Trinajstić information content (AvgIpc) is 2.89. The van der Waals surface area contributed by atoms with Crippen molar-refractivity contribution in [2.24, 2.45) is 5.92 Å². The predicted octanol–water partition coefficient (Wildman–Crippen LogP) is 8.94. The van der Waals surface area contributed by atoms with Crippen molar-refractivity contribution in [1.29, 1.82) is 0 Å². The molecule has 0 atom stereocenters. The summed E-state index contributed by atoms with van der Waals surface area (Å²) in [5, 5.41) is 0. The van der Waals surface area contributed by atoms with Crippen LogP contribution in [0.4, 0.5) is 17.6 Å². The van der Waals surface area contributed by atoms with E-state index in [2.05, 4.69) is 13.5 Å². The Kier molecular flexibility index (Phi) is 8.50. The molecule has 4 rings (SSSR count). The summed E-state index contributed by atoms with van der Waals surface area (Å²) in [6.07, 6.45) is 6.93. The summed E-state index contributed by atoms with van der Waals surface area (Å²) < 4.78 is 64.0. The number of benzene rings is 3. The highest BCUT2D eigenvalue weighted by molar-refractivity contribution is 5.65. The van der Waals surface area contributed by atoms with Crippen molar-refractivity contribution in [2.75, 3.05) is 6.61 Å². The van der Waals surface area contributed by atoms with Crippen molar-refractivity contribution in [3.8, 4) is 16.9 Å². The Morgan fingerprint density at radius 1 is 0.806 bits per heavy atom. The molecule has 1 fully saturated rings. The number of ether oxygens (including phenoxy) is 1. The number of hydrogen-bond donors (Lipinski definition) is 0. The Morgan fingerprint density at radius 2 is 1.53 bits per heavy atom. The fourth-order valence-corrected chi connectivity index (χ4v) is 4.93. The van der Waals surface area contributed by atoms with Crippen molar-refractivity contribution in [1.82, 2.24) is 0 Å². The van der Waals surface area contributed by atoms with Crippen LogP contribution in [0.25, 0.3) is 11.1 Å². The minimum absolute atomic E-state index is 0.0929. The molecule has 3 aromatic carbocycles. The van der Waals surface area contributed by atoms with Crippen molar-refractivity contribution in [3.63, 3.8) is 0 Å². The van der Waals surface area contributed by atoms with Crippen LogP contribution in [-0.2, 0) is 12.8 Å². The van der Waals surface area contributed by atoms with Gasteiger partial charge in [-0.25, -0.2) is 13.2 Å². The molecule has 5 heteroatoms. The first-order valence-corrected chi connectivity index (χ1v) is 12.7. The smallest absolute Gasteiger partial charge is 0.201 e. The van der Waals surface area contributed by atoms with Gasteiger partial charge in [0.05, 0.1) is 6.61 Å². The summed E-state index contributed by atoms with van der Waals surface area (Å²) in [7, 11) is 0. The number of rotatable bonds is 9. The molecule has 190 valence electrons. The highest BCUT2D eigenvalue weighted by atomic mass is 19.2. The molecule has 0 unspecified atom stereocenters. The van der Waals surface area contributed by atoms with Gasteiger partial charge in [-0.15, -0.1) is 6.58 Å². The molecule has 3 aromatic rings. The lowest BCUT2D eigenvalue weighted by Gasteiger charge is -2.27. The molecule has 1 nitrogen and oxygen atoms in total. The van der Waals surface area contributed by atoms with Gasteiger partial charge in [0, 0.05) is 5.56 Å². The second-order valence-corrected chi connectivity index (χ2v) is 9.76. The van der Waals surface area contributed by atoms with E-state index in [0.717, 1.165) is 31.2 Å². The van der Waals surface area contributed by atoms with E-state index in [4.69, 9.17) is 4.74 Å². The SMILES string of the molecule is C=CCCOc1ccc(-c2ccc(CCc3ccc(C4CCC(C)CC4)c(F)c3F)cc2)c(F)c1F. The van der Waals surface area contributed by atoms with Crippen molar-refractivity contribution in [2.45, 2.75) is 57.8 Å². The second-order valence-electron chi connectivity index (χ2n) is 9.76. The Morgan fingerprint density at radius 3 is 2.22 bits per heavy atom. The fourth-order valence-electron chi connectivity index (χ4n) is 4.93. The maximum absolute atomic E-state index is 14.8. The maximum Gasteiger partial charge on any atom is 0.201 e. The molecule has 0 saturated heterocycles. The van der Waals surface area contributed by atoms with Crippen LogP contribution < -0.4 is 4.74 Å². The molecule has 36 heavy (non-hydrogen) atoms. The van der Waals surface area contributed by atoms with Gasteiger partial charge >= 0.3 is 0 Å². The lowest BCUT2D eigenvalue weighted by Crippen LogP contribution is -2.13. The van der Waals surface area contributed by atoms with Crippen molar-refractivity contribution in [3.05, 3.63) is 101 Å². The minimum atomic E-state index is -1.02. The van der Waals surface area contributed by atoms with Gasteiger partial charge in [0.2, 0.25) is 5.82 Å². The lowest BCUT2D eigenvalue weighted by molar-refractivity contribution is 0.302. The first kappa shape index (κ1) is 26.0. The molecule has 1 aliphatic rings. The van der Waals surface area contributed by atoms with Crippen LogP contribution in [0.2, 0.25) is 0 Å². The monoisotopic (exact) mass is 496 g/mol. The summed E-state index contributed by atoms with van der Waals surface area (Å²) >= 11 is 0. The molecule has 0 N–H and O–H groups in total. The molecular formula is C31H32F4O. The molecule has 1 saturated carbocycles. The Labute approximate surface area is 210 Å². The third-order valence-corrected chi connectivity index (χ3v) is 7.22. The number of aryl methyl sites for hydroxylation is 2. The summed E-state index contributed by atoms with van der Waals surface area (Å²) in [6, 6.07) is 13.4. The van der Waals surface area contributed by atoms with E-state index in [1.165, 1.54) is 12.1 Å². The summed E-state index contributed by atoms with van der Waals surface area (Å²) in [5.41, 5.74) is 2.41. The van der Waals surface area contributed by atoms with E-state index in [1.807, 2.05) is 0 Å². The van der Waals surface area contributed by atoms with Crippen LogP contribution in [0, 0.1) is 29.2 Å². The van der Waals surface area contributed by atoms with Crippen molar-refractivity contribution < 1.29 is 22.3 Å². The maximum atomic E-state index is 14.8. The number of hydrogen-bond acceptors (Lipinski definition) is 1. The lowest BCUT2D eigenvalue weighted by atomic mass is 9.79. The van der Waals surface area contributed by atoms with E-state index in [-0.39, 0.29) is 23.8 Å². The second kappa shape index (κ2) is 11.8. The first-order valence-electron chi connectivity index (χ1n) is 12.7. The topological polar surface area (TPSA) is 9.23 Å². The van der Waals surface area contributed by atoms with E-state index >= 15 is 0 Å². The Balaban J connectivity index is 1.41. The summed E-state index contributed by atoms with van der Waals surface area (Å²) in [4.78, 5) is 0. The van der Waals surface area contributed by atoms with Crippen LogP contribution >= 0.6 is 0 Å². The fraction of sp³-hybridized carbons (Fsp3) is 0.355. The van der Waals surface area contributed by atoms with Gasteiger partial charge in [0.1, 0.15) is 0 Å². The van der Waals surface area contributed by atoms with Gasteiger partial charge in [-0.3, -0.25) is 0 Å². The Bertz CT molecular complexity index is 1190. The van der Waals surface area contributed by atoms with E-state index in [1.54, 1.807) is 42.5 Å². The van der Waals surface area contributed by atoms with Crippen LogP contribution in [-0.4, -0.2) is 6.61 Å². The molecule has 0 spiro atoms. The van der Waals surface area contributed by atoms with Crippen molar-refractivity contribution >= 4 is 0 Å². The van der Waals surface area contributed by atoms with E-state index < -0.39 is 23.3 Å². The normalized spacial score (nSPS) is 17.7. The quantitative estimate of drug-likeness (QED) is 0.163. The molecule has 0 aliphatic heterocycles. The summed E-state index contributed by atoms with van der Waals surface area (Å²) in [6.45, 7) is 6.00.